The summed E-state index contributed by atoms with van der Waals surface area (Å²) in [6, 6.07) is 10.9. The number of hydrogen-bond acceptors (Lipinski definition) is 5. The molecule has 1 aliphatic rings. The van der Waals surface area contributed by atoms with Crippen molar-refractivity contribution < 1.29 is 26.3 Å². The van der Waals surface area contributed by atoms with Crippen molar-refractivity contribution in [1.29, 1.82) is 0 Å². The third-order valence-electron chi connectivity index (χ3n) is 4.26. The van der Waals surface area contributed by atoms with Crippen molar-refractivity contribution in [3.8, 4) is 0 Å². The number of hydrazine groups is 1. The van der Waals surface area contributed by atoms with E-state index in [1.165, 1.54) is 46.8 Å². The summed E-state index contributed by atoms with van der Waals surface area (Å²) in [6.45, 7) is 1.29. The topological polar surface area (TPSA) is 82.7 Å². The lowest BCUT2D eigenvalue weighted by atomic mass is 10.2. The number of benzene rings is 2. The Balaban J connectivity index is 1.60. The highest BCUT2D eigenvalue weighted by atomic mass is 32.2. The molecule has 2 aromatic rings. The number of halogens is 3. The van der Waals surface area contributed by atoms with Crippen molar-refractivity contribution >= 4 is 38.7 Å². The van der Waals surface area contributed by atoms with Gasteiger partial charge in [0.2, 0.25) is 10.0 Å². The average Bonchev–Trinajstić information content (AvgIpc) is 2.73. The molecule has 0 unspecified atom stereocenters. The maximum atomic E-state index is 13.0. The van der Waals surface area contributed by atoms with E-state index in [0.29, 0.717) is 32.0 Å². The fraction of sp³-hybridized carbons (Fsp3) is 0.278. The summed E-state index contributed by atoms with van der Waals surface area (Å²) in [5.41, 5.74) is 4.37. The molecule has 0 atom stereocenters. The Labute approximate surface area is 177 Å². The molecule has 1 saturated heterocycles. The highest BCUT2D eigenvalue weighted by Crippen LogP contribution is 2.34. The standard InChI is InChI=1S/C18H19F3N4O3S2/c19-18(20,21)15-3-1-2-4-16(15)23-24-17(29)22-13-5-7-14(8-6-13)30(26,27)25-9-11-28-12-10-25/h1-8,23H,9-12H2,(H2,22,24,29). The molecule has 30 heavy (non-hydrogen) atoms. The van der Waals surface area contributed by atoms with Gasteiger partial charge in [-0.1, -0.05) is 12.1 Å². The normalized spacial score (nSPS) is 15.4. The number of para-hydroxylation sites is 1. The molecule has 0 aliphatic carbocycles. The molecule has 1 heterocycles. The monoisotopic (exact) mass is 460 g/mol. The summed E-state index contributed by atoms with van der Waals surface area (Å²) >= 11 is 5.07. The third kappa shape index (κ3) is 5.39. The molecule has 162 valence electrons. The summed E-state index contributed by atoms with van der Waals surface area (Å²) in [6.07, 6.45) is -4.51. The Morgan fingerprint density at radius 3 is 2.30 bits per heavy atom. The average molecular weight is 461 g/mol. The first kappa shape index (κ1) is 22.3. The van der Waals surface area contributed by atoms with E-state index in [9.17, 15) is 21.6 Å². The largest absolute Gasteiger partial charge is 0.418 e. The molecular formula is C18H19F3N4O3S2. The van der Waals surface area contributed by atoms with Crippen LogP contribution in [0.15, 0.2) is 53.4 Å². The van der Waals surface area contributed by atoms with Gasteiger partial charge in [0, 0.05) is 18.8 Å². The highest BCUT2D eigenvalue weighted by Gasteiger charge is 2.33. The minimum Gasteiger partial charge on any atom is -0.379 e. The van der Waals surface area contributed by atoms with Gasteiger partial charge in [0.25, 0.3) is 0 Å². The number of nitrogens with one attached hydrogen (secondary N) is 3. The van der Waals surface area contributed by atoms with Gasteiger partial charge in [0.05, 0.1) is 29.4 Å². The number of nitrogens with zero attached hydrogens (tertiary/aromatic N) is 1. The molecular weight excluding hydrogens is 441 g/mol. The SMILES string of the molecule is O=S(=O)(c1ccc(NC(=S)NNc2ccccc2C(F)(F)F)cc1)N1CCOCC1. The number of thiocarbonyl (C=S) groups is 1. The summed E-state index contributed by atoms with van der Waals surface area (Å²) in [5, 5.41) is 2.79. The van der Waals surface area contributed by atoms with E-state index >= 15 is 0 Å². The number of sulfonamides is 1. The van der Waals surface area contributed by atoms with Gasteiger partial charge in [0.1, 0.15) is 0 Å². The summed E-state index contributed by atoms with van der Waals surface area (Å²) < 4.78 is 70.8. The van der Waals surface area contributed by atoms with Crippen molar-refractivity contribution in [2.45, 2.75) is 11.1 Å². The molecule has 12 heteroatoms. The fourth-order valence-corrected chi connectivity index (χ4v) is 4.35. The van der Waals surface area contributed by atoms with Crippen LogP contribution < -0.4 is 16.2 Å². The Bertz CT molecular complexity index is 992. The van der Waals surface area contributed by atoms with Gasteiger partial charge in [-0.15, -0.1) is 0 Å². The second-order valence-electron chi connectivity index (χ2n) is 6.29. The number of rotatable bonds is 5. The lowest BCUT2D eigenvalue weighted by Gasteiger charge is -2.26. The van der Waals surface area contributed by atoms with Gasteiger partial charge in [0.15, 0.2) is 5.11 Å². The number of morpholine rings is 1. The maximum Gasteiger partial charge on any atom is 0.418 e. The zero-order valence-electron chi connectivity index (χ0n) is 15.6. The van der Waals surface area contributed by atoms with Crippen LogP contribution in [0.3, 0.4) is 0 Å². The van der Waals surface area contributed by atoms with E-state index in [0.717, 1.165) is 6.07 Å². The zero-order valence-corrected chi connectivity index (χ0v) is 17.2. The zero-order chi connectivity index (χ0) is 21.8. The number of anilines is 2. The number of alkyl halides is 3. The highest BCUT2D eigenvalue weighted by molar-refractivity contribution is 7.89. The van der Waals surface area contributed by atoms with Crippen LogP contribution in [0.2, 0.25) is 0 Å². The number of ether oxygens (including phenoxy) is 1. The van der Waals surface area contributed by atoms with Gasteiger partial charge in [-0.3, -0.25) is 10.9 Å². The molecule has 1 aliphatic heterocycles. The maximum absolute atomic E-state index is 13.0. The predicted molar refractivity (Wildman–Crippen MR) is 110 cm³/mol. The Hall–Kier alpha value is -2.41. The third-order valence-corrected chi connectivity index (χ3v) is 6.38. The van der Waals surface area contributed by atoms with Crippen LogP contribution in [0.25, 0.3) is 0 Å². The van der Waals surface area contributed by atoms with Gasteiger partial charge < -0.3 is 10.1 Å². The Morgan fingerprint density at radius 1 is 1.03 bits per heavy atom. The molecule has 0 radical (unpaired) electrons. The van der Waals surface area contributed by atoms with Crippen molar-refractivity contribution in [2.24, 2.45) is 0 Å². The predicted octanol–water partition coefficient (Wildman–Crippen LogP) is 3.04. The summed E-state index contributed by atoms with van der Waals surface area (Å²) in [7, 11) is -3.61. The van der Waals surface area contributed by atoms with Crippen molar-refractivity contribution in [3.05, 3.63) is 54.1 Å². The molecule has 0 spiro atoms. The van der Waals surface area contributed by atoms with Crippen LogP contribution in [-0.2, 0) is 20.9 Å². The minimum atomic E-state index is -4.51. The minimum absolute atomic E-state index is 0.00997. The Kier molecular flexibility index (Phi) is 6.81. The van der Waals surface area contributed by atoms with E-state index in [1.807, 2.05) is 0 Å². The van der Waals surface area contributed by atoms with E-state index < -0.39 is 21.8 Å². The first-order valence-electron chi connectivity index (χ1n) is 8.85. The molecule has 3 N–H and O–H groups in total. The van der Waals surface area contributed by atoms with Gasteiger partial charge in [-0.25, -0.2) is 8.42 Å². The summed E-state index contributed by atoms with van der Waals surface area (Å²) in [5.74, 6) is 0. The molecule has 0 saturated carbocycles. The Morgan fingerprint density at radius 2 is 1.67 bits per heavy atom. The van der Waals surface area contributed by atoms with Crippen LogP contribution >= 0.6 is 12.2 Å². The summed E-state index contributed by atoms with van der Waals surface area (Å²) in [4.78, 5) is 0.131. The second kappa shape index (κ2) is 9.16. The lowest BCUT2D eigenvalue weighted by molar-refractivity contribution is -0.137. The van der Waals surface area contributed by atoms with E-state index in [2.05, 4.69) is 16.2 Å². The number of hydrogen-bond donors (Lipinski definition) is 3. The van der Waals surface area contributed by atoms with Gasteiger partial charge >= 0.3 is 6.18 Å². The molecule has 0 amide bonds. The van der Waals surface area contributed by atoms with Crippen molar-refractivity contribution in [2.75, 3.05) is 37.0 Å². The second-order valence-corrected chi connectivity index (χ2v) is 8.63. The molecule has 0 bridgehead atoms. The van der Waals surface area contributed by atoms with Crippen molar-refractivity contribution in [3.63, 3.8) is 0 Å². The first-order valence-corrected chi connectivity index (χ1v) is 10.7. The molecule has 3 rings (SSSR count). The molecule has 7 nitrogen and oxygen atoms in total. The van der Waals surface area contributed by atoms with Crippen LogP contribution in [0.1, 0.15) is 5.56 Å². The quantitative estimate of drug-likeness (QED) is 0.467. The van der Waals surface area contributed by atoms with E-state index in [4.69, 9.17) is 17.0 Å². The van der Waals surface area contributed by atoms with Crippen LogP contribution in [0, 0.1) is 0 Å². The first-order chi connectivity index (χ1) is 14.2. The smallest absolute Gasteiger partial charge is 0.379 e. The van der Waals surface area contributed by atoms with E-state index in [1.54, 1.807) is 0 Å². The van der Waals surface area contributed by atoms with Crippen LogP contribution in [-0.4, -0.2) is 44.1 Å². The van der Waals surface area contributed by atoms with Gasteiger partial charge in [-0.05, 0) is 48.6 Å². The lowest BCUT2D eigenvalue weighted by Crippen LogP contribution is -2.40. The fourth-order valence-electron chi connectivity index (χ4n) is 2.77. The van der Waals surface area contributed by atoms with Crippen molar-refractivity contribution in [1.82, 2.24) is 9.73 Å². The molecule has 0 aromatic heterocycles. The van der Waals surface area contributed by atoms with Gasteiger partial charge in [-0.2, -0.15) is 17.5 Å². The molecule has 1 fully saturated rings. The van der Waals surface area contributed by atoms with E-state index in [-0.39, 0.29) is 15.7 Å². The van der Waals surface area contributed by atoms with Crippen LogP contribution in [0.4, 0.5) is 24.5 Å². The molecule has 2 aromatic carbocycles. The van der Waals surface area contributed by atoms with Crippen LogP contribution in [0.5, 0.6) is 0 Å².